The zero-order chi connectivity index (χ0) is 19.3. The molecule has 0 aliphatic heterocycles. The molecule has 0 aliphatic carbocycles. The highest BCUT2D eigenvalue weighted by molar-refractivity contribution is 7.91. The first-order valence-electron chi connectivity index (χ1n) is 8.15. The standard InChI is InChI=1S/C19H18N2O4S2/c1-25-15-9-7-14(8-10-15)17-13-26-19(20-17)21-18(22)11-12-27(23,24)16-5-3-2-4-6-16/h2-10,13H,11-12H2,1H3,(H,20,21,22). The number of carbonyl (C=O) groups is 1. The van der Waals surface area contributed by atoms with E-state index in [1.807, 2.05) is 29.6 Å². The van der Waals surface area contributed by atoms with Gasteiger partial charge in [0.2, 0.25) is 5.91 Å². The van der Waals surface area contributed by atoms with Gasteiger partial charge >= 0.3 is 0 Å². The summed E-state index contributed by atoms with van der Waals surface area (Å²) in [5.41, 5.74) is 1.63. The van der Waals surface area contributed by atoms with Crippen LogP contribution in [-0.2, 0) is 14.6 Å². The number of sulfone groups is 1. The summed E-state index contributed by atoms with van der Waals surface area (Å²) in [7, 11) is -1.88. The highest BCUT2D eigenvalue weighted by Gasteiger charge is 2.17. The highest BCUT2D eigenvalue weighted by Crippen LogP contribution is 2.26. The first-order valence-corrected chi connectivity index (χ1v) is 10.7. The molecule has 1 N–H and O–H groups in total. The largest absolute Gasteiger partial charge is 0.497 e. The summed E-state index contributed by atoms with van der Waals surface area (Å²) >= 11 is 1.29. The van der Waals surface area contributed by atoms with Crippen LogP contribution in [0.25, 0.3) is 11.3 Å². The summed E-state index contributed by atoms with van der Waals surface area (Å²) in [5, 5.41) is 4.92. The fourth-order valence-corrected chi connectivity index (χ4v) is 4.38. The molecule has 1 aromatic heterocycles. The maximum Gasteiger partial charge on any atom is 0.227 e. The van der Waals surface area contributed by atoms with Crippen LogP contribution >= 0.6 is 11.3 Å². The number of carbonyl (C=O) groups excluding carboxylic acids is 1. The summed E-state index contributed by atoms with van der Waals surface area (Å²) in [6, 6.07) is 15.5. The molecule has 0 aliphatic rings. The molecule has 140 valence electrons. The molecule has 0 saturated heterocycles. The Morgan fingerprint density at radius 1 is 1.11 bits per heavy atom. The number of methoxy groups -OCH3 is 1. The van der Waals surface area contributed by atoms with E-state index in [1.165, 1.54) is 23.5 Å². The van der Waals surface area contributed by atoms with Gasteiger partial charge in [0, 0.05) is 17.4 Å². The van der Waals surface area contributed by atoms with Crippen LogP contribution in [0.2, 0.25) is 0 Å². The number of anilines is 1. The number of hydrogen-bond donors (Lipinski definition) is 1. The van der Waals surface area contributed by atoms with Crippen molar-refractivity contribution in [3.63, 3.8) is 0 Å². The van der Waals surface area contributed by atoms with Crippen molar-refractivity contribution in [2.45, 2.75) is 11.3 Å². The number of amides is 1. The lowest BCUT2D eigenvalue weighted by Gasteiger charge is -2.04. The molecule has 0 atom stereocenters. The summed E-state index contributed by atoms with van der Waals surface area (Å²) < 4.78 is 29.6. The Kier molecular flexibility index (Phi) is 5.88. The van der Waals surface area contributed by atoms with Crippen molar-refractivity contribution in [1.29, 1.82) is 0 Å². The predicted molar refractivity (Wildman–Crippen MR) is 106 cm³/mol. The third-order valence-electron chi connectivity index (χ3n) is 3.84. The van der Waals surface area contributed by atoms with Gasteiger partial charge in [-0.15, -0.1) is 11.3 Å². The molecule has 0 unspecified atom stereocenters. The maximum atomic E-state index is 12.2. The third kappa shape index (κ3) is 4.93. The van der Waals surface area contributed by atoms with Crippen LogP contribution in [0.3, 0.4) is 0 Å². The van der Waals surface area contributed by atoms with Gasteiger partial charge in [-0.25, -0.2) is 13.4 Å². The smallest absolute Gasteiger partial charge is 0.227 e. The molecule has 3 aromatic rings. The van der Waals surface area contributed by atoms with Crippen LogP contribution in [0.5, 0.6) is 5.75 Å². The number of benzene rings is 2. The van der Waals surface area contributed by atoms with Gasteiger partial charge < -0.3 is 10.1 Å². The number of nitrogens with zero attached hydrogens (tertiary/aromatic N) is 1. The van der Waals surface area contributed by atoms with Gasteiger partial charge in [0.1, 0.15) is 5.75 Å². The second kappa shape index (κ2) is 8.32. The fourth-order valence-electron chi connectivity index (χ4n) is 2.38. The van der Waals surface area contributed by atoms with Gasteiger partial charge in [-0.2, -0.15) is 0 Å². The molecule has 0 saturated carbocycles. The van der Waals surface area contributed by atoms with E-state index >= 15 is 0 Å². The minimum Gasteiger partial charge on any atom is -0.497 e. The molecular formula is C19H18N2O4S2. The Morgan fingerprint density at radius 2 is 1.81 bits per heavy atom. The van der Waals surface area contributed by atoms with Crippen molar-refractivity contribution in [2.24, 2.45) is 0 Å². The molecule has 0 fully saturated rings. The van der Waals surface area contributed by atoms with Crippen LogP contribution in [0.15, 0.2) is 64.9 Å². The molecule has 1 amide bonds. The summed E-state index contributed by atoms with van der Waals surface area (Å²) in [4.78, 5) is 16.7. The second-order valence-corrected chi connectivity index (χ2v) is 8.66. The average molecular weight is 402 g/mol. The molecule has 0 spiro atoms. The summed E-state index contributed by atoms with van der Waals surface area (Å²) in [6.45, 7) is 0. The monoisotopic (exact) mass is 402 g/mol. The second-order valence-electron chi connectivity index (χ2n) is 5.70. The van der Waals surface area contributed by atoms with Crippen LogP contribution < -0.4 is 10.1 Å². The van der Waals surface area contributed by atoms with E-state index < -0.39 is 9.84 Å². The molecule has 8 heteroatoms. The Morgan fingerprint density at radius 3 is 2.48 bits per heavy atom. The lowest BCUT2D eigenvalue weighted by Crippen LogP contribution is -2.17. The van der Waals surface area contributed by atoms with Crippen molar-refractivity contribution < 1.29 is 17.9 Å². The molecule has 1 heterocycles. The third-order valence-corrected chi connectivity index (χ3v) is 6.33. The highest BCUT2D eigenvalue weighted by atomic mass is 32.2. The van der Waals surface area contributed by atoms with Gasteiger partial charge in [-0.1, -0.05) is 18.2 Å². The maximum absolute atomic E-state index is 12.2. The minimum atomic E-state index is -3.48. The Balaban J connectivity index is 1.59. The molecular weight excluding hydrogens is 384 g/mol. The van der Waals surface area contributed by atoms with Crippen LogP contribution in [-0.4, -0.2) is 32.2 Å². The quantitative estimate of drug-likeness (QED) is 0.652. The molecule has 0 radical (unpaired) electrons. The average Bonchev–Trinajstić information content (AvgIpc) is 3.15. The lowest BCUT2D eigenvalue weighted by molar-refractivity contribution is -0.115. The predicted octanol–water partition coefficient (Wildman–Crippen LogP) is 3.62. The summed E-state index contributed by atoms with van der Waals surface area (Å²) in [5.74, 6) is 0.117. The number of rotatable bonds is 7. The zero-order valence-corrected chi connectivity index (χ0v) is 16.2. The van der Waals surface area contributed by atoms with E-state index in [0.717, 1.165) is 17.0 Å². The van der Waals surface area contributed by atoms with E-state index in [-0.39, 0.29) is 23.0 Å². The van der Waals surface area contributed by atoms with Gasteiger partial charge in [0.25, 0.3) is 0 Å². The van der Waals surface area contributed by atoms with E-state index in [2.05, 4.69) is 10.3 Å². The van der Waals surface area contributed by atoms with E-state index in [4.69, 9.17) is 4.74 Å². The van der Waals surface area contributed by atoms with Crippen molar-refractivity contribution in [3.8, 4) is 17.0 Å². The number of nitrogens with one attached hydrogen (secondary N) is 1. The van der Waals surface area contributed by atoms with E-state index in [0.29, 0.717) is 5.13 Å². The van der Waals surface area contributed by atoms with Gasteiger partial charge in [-0.3, -0.25) is 4.79 Å². The van der Waals surface area contributed by atoms with Crippen molar-refractivity contribution >= 4 is 32.2 Å². The number of ether oxygens (including phenoxy) is 1. The molecule has 27 heavy (non-hydrogen) atoms. The topological polar surface area (TPSA) is 85.4 Å². The number of hydrogen-bond acceptors (Lipinski definition) is 6. The first-order chi connectivity index (χ1) is 13.0. The van der Waals surface area contributed by atoms with Crippen LogP contribution in [0.4, 0.5) is 5.13 Å². The number of thiazole rings is 1. The normalized spacial score (nSPS) is 11.1. The SMILES string of the molecule is COc1ccc(-c2csc(NC(=O)CCS(=O)(=O)c3ccccc3)n2)cc1. The molecule has 0 bridgehead atoms. The van der Waals surface area contributed by atoms with Gasteiger partial charge in [-0.05, 0) is 36.4 Å². The van der Waals surface area contributed by atoms with Crippen LogP contribution in [0.1, 0.15) is 6.42 Å². The Hall–Kier alpha value is -2.71. The van der Waals surface area contributed by atoms with Crippen molar-refractivity contribution in [3.05, 3.63) is 60.0 Å². The van der Waals surface area contributed by atoms with Gasteiger partial charge in [0.05, 0.1) is 23.5 Å². The lowest BCUT2D eigenvalue weighted by atomic mass is 10.2. The van der Waals surface area contributed by atoms with Crippen LogP contribution in [0, 0.1) is 0 Å². The van der Waals surface area contributed by atoms with Crippen molar-refractivity contribution in [2.75, 3.05) is 18.2 Å². The minimum absolute atomic E-state index is 0.130. The van der Waals surface area contributed by atoms with Gasteiger partial charge in [0.15, 0.2) is 15.0 Å². The first kappa shape index (κ1) is 19.1. The Bertz CT molecular complexity index is 1010. The van der Waals surface area contributed by atoms with Crippen molar-refractivity contribution in [1.82, 2.24) is 4.98 Å². The fraction of sp³-hybridized carbons (Fsp3) is 0.158. The molecule has 3 rings (SSSR count). The van der Waals surface area contributed by atoms with E-state index in [9.17, 15) is 13.2 Å². The Labute approximate surface area is 161 Å². The molecule has 2 aromatic carbocycles. The van der Waals surface area contributed by atoms with E-state index in [1.54, 1.807) is 25.3 Å². The zero-order valence-electron chi connectivity index (χ0n) is 14.6. The number of aromatic nitrogens is 1. The molecule has 6 nitrogen and oxygen atoms in total. The summed E-state index contributed by atoms with van der Waals surface area (Å²) in [6.07, 6.45) is -0.130.